The maximum absolute atomic E-state index is 12.9. The summed E-state index contributed by atoms with van der Waals surface area (Å²) in [5, 5.41) is 0. The van der Waals surface area contributed by atoms with Gasteiger partial charge >= 0.3 is 0 Å². The van der Waals surface area contributed by atoms with Crippen molar-refractivity contribution in [3.63, 3.8) is 0 Å². The van der Waals surface area contributed by atoms with Crippen LogP contribution in [0.2, 0.25) is 0 Å². The fourth-order valence-corrected chi connectivity index (χ4v) is 2.57. The molecule has 0 atom stereocenters. The van der Waals surface area contributed by atoms with Gasteiger partial charge in [-0.15, -0.1) is 0 Å². The molecule has 162 valence electrons. The SMILES string of the molecule is CCCOc1ccc(/C=C/C(=O)c2c(OC)cc(OCOC)cc2OCOC)cc1. The van der Waals surface area contributed by atoms with E-state index in [0.29, 0.717) is 23.9 Å². The van der Waals surface area contributed by atoms with Crippen LogP contribution in [0.5, 0.6) is 23.0 Å². The van der Waals surface area contributed by atoms with Gasteiger partial charge in [0, 0.05) is 26.4 Å². The third-order valence-corrected chi connectivity index (χ3v) is 3.96. The summed E-state index contributed by atoms with van der Waals surface area (Å²) < 4.78 is 31.9. The maximum Gasteiger partial charge on any atom is 0.193 e. The van der Waals surface area contributed by atoms with Crippen molar-refractivity contribution in [2.75, 3.05) is 41.5 Å². The summed E-state index contributed by atoms with van der Waals surface area (Å²) in [6.07, 6.45) is 4.14. The van der Waals surface area contributed by atoms with E-state index in [0.717, 1.165) is 17.7 Å². The number of ketones is 1. The Morgan fingerprint density at radius 1 is 0.867 bits per heavy atom. The van der Waals surface area contributed by atoms with Crippen LogP contribution in [0.3, 0.4) is 0 Å². The van der Waals surface area contributed by atoms with Crippen LogP contribution in [0.4, 0.5) is 0 Å². The summed E-state index contributed by atoms with van der Waals surface area (Å²) in [6.45, 7) is 2.75. The quantitative estimate of drug-likeness (QED) is 0.273. The first-order chi connectivity index (χ1) is 14.6. The monoisotopic (exact) mass is 416 g/mol. The third kappa shape index (κ3) is 6.79. The lowest BCUT2D eigenvalue weighted by Gasteiger charge is -2.15. The van der Waals surface area contributed by atoms with Crippen molar-refractivity contribution in [1.82, 2.24) is 0 Å². The number of hydrogen-bond acceptors (Lipinski definition) is 7. The molecule has 0 N–H and O–H groups in total. The highest BCUT2D eigenvalue weighted by molar-refractivity contribution is 6.10. The average Bonchev–Trinajstić information content (AvgIpc) is 2.78. The van der Waals surface area contributed by atoms with Gasteiger partial charge in [0.05, 0.1) is 13.7 Å². The van der Waals surface area contributed by atoms with E-state index in [1.54, 1.807) is 18.2 Å². The second-order valence-electron chi connectivity index (χ2n) is 6.22. The smallest absolute Gasteiger partial charge is 0.193 e. The Hall–Kier alpha value is -3.03. The molecule has 0 heterocycles. The summed E-state index contributed by atoms with van der Waals surface area (Å²) in [6, 6.07) is 10.7. The Kier molecular flexibility index (Phi) is 9.70. The predicted octanol–water partition coefficient (Wildman–Crippen LogP) is 4.35. The van der Waals surface area contributed by atoms with E-state index < -0.39 is 0 Å². The zero-order chi connectivity index (χ0) is 21.8. The van der Waals surface area contributed by atoms with E-state index in [9.17, 15) is 4.79 Å². The van der Waals surface area contributed by atoms with Crippen LogP contribution in [0, 0.1) is 0 Å². The van der Waals surface area contributed by atoms with Gasteiger partial charge < -0.3 is 28.4 Å². The molecule has 0 amide bonds. The van der Waals surface area contributed by atoms with Gasteiger partial charge in [0.1, 0.15) is 28.6 Å². The van der Waals surface area contributed by atoms with Crippen LogP contribution in [0.1, 0.15) is 29.3 Å². The van der Waals surface area contributed by atoms with E-state index in [1.165, 1.54) is 27.4 Å². The summed E-state index contributed by atoms with van der Waals surface area (Å²) in [5.41, 5.74) is 1.14. The number of benzene rings is 2. The summed E-state index contributed by atoms with van der Waals surface area (Å²) in [4.78, 5) is 12.9. The lowest BCUT2D eigenvalue weighted by Crippen LogP contribution is -2.08. The van der Waals surface area contributed by atoms with Crippen LogP contribution in [-0.2, 0) is 9.47 Å². The fourth-order valence-electron chi connectivity index (χ4n) is 2.57. The maximum atomic E-state index is 12.9. The predicted molar refractivity (Wildman–Crippen MR) is 114 cm³/mol. The average molecular weight is 416 g/mol. The van der Waals surface area contributed by atoms with Crippen molar-refractivity contribution >= 4 is 11.9 Å². The van der Waals surface area contributed by atoms with E-state index in [-0.39, 0.29) is 24.9 Å². The van der Waals surface area contributed by atoms with Gasteiger partial charge in [0.15, 0.2) is 19.4 Å². The summed E-state index contributed by atoms with van der Waals surface area (Å²) >= 11 is 0. The number of ether oxygens (including phenoxy) is 6. The summed E-state index contributed by atoms with van der Waals surface area (Å²) in [7, 11) is 4.49. The van der Waals surface area contributed by atoms with E-state index in [2.05, 4.69) is 6.92 Å². The van der Waals surface area contributed by atoms with E-state index >= 15 is 0 Å². The molecule has 2 aromatic rings. The van der Waals surface area contributed by atoms with Gasteiger partial charge in [-0.2, -0.15) is 0 Å². The van der Waals surface area contributed by atoms with Gasteiger partial charge in [0.25, 0.3) is 0 Å². The molecule has 0 aromatic heterocycles. The molecule has 0 aliphatic carbocycles. The zero-order valence-electron chi connectivity index (χ0n) is 17.8. The van der Waals surface area contributed by atoms with Gasteiger partial charge in [-0.05, 0) is 30.2 Å². The van der Waals surface area contributed by atoms with E-state index in [1.807, 2.05) is 24.3 Å². The van der Waals surface area contributed by atoms with Crippen molar-refractivity contribution in [3.8, 4) is 23.0 Å². The largest absolute Gasteiger partial charge is 0.496 e. The molecule has 0 radical (unpaired) electrons. The highest BCUT2D eigenvalue weighted by Gasteiger charge is 2.19. The Morgan fingerprint density at radius 3 is 2.17 bits per heavy atom. The minimum atomic E-state index is -0.275. The number of hydrogen-bond donors (Lipinski definition) is 0. The van der Waals surface area contributed by atoms with Crippen LogP contribution >= 0.6 is 0 Å². The van der Waals surface area contributed by atoms with Crippen LogP contribution < -0.4 is 18.9 Å². The molecule has 0 saturated carbocycles. The molecule has 7 nitrogen and oxygen atoms in total. The van der Waals surface area contributed by atoms with Gasteiger partial charge in [-0.1, -0.05) is 25.1 Å². The summed E-state index contributed by atoms with van der Waals surface area (Å²) in [5.74, 6) is 1.59. The van der Waals surface area contributed by atoms with E-state index in [4.69, 9.17) is 28.4 Å². The van der Waals surface area contributed by atoms with Crippen LogP contribution in [0.15, 0.2) is 42.5 Å². The molecule has 0 unspecified atom stereocenters. The number of methoxy groups -OCH3 is 3. The Morgan fingerprint density at radius 2 is 1.53 bits per heavy atom. The topological polar surface area (TPSA) is 72.5 Å². The van der Waals surface area contributed by atoms with Crippen molar-refractivity contribution in [3.05, 3.63) is 53.6 Å². The number of rotatable bonds is 13. The molecular formula is C23H28O7. The minimum Gasteiger partial charge on any atom is -0.496 e. The number of carbonyl (C=O) groups excluding carboxylic acids is 1. The van der Waals surface area contributed by atoms with Crippen molar-refractivity contribution in [2.24, 2.45) is 0 Å². The molecule has 0 aliphatic rings. The molecule has 0 spiro atoms. The van der Waals surface area contributed by atoms with Crippen molar-refractivity contribution in [2.45, 2.75) is 13.3 Å². The number of carbonyl (C=O) groups is 1. The first-order valence-electron chi connectivity index (χ1n) is 9.53. The highest BCUT2D eigenvalue weighted by Crippen LogP contribution is 2.35. The van der Waals surface area contributed by atoms with Crippen molar-refractivity contribution < 1.29 is 33.2 Å². The zero-order valence-corrected chi connectivity index (χ0v) is 17.8. The number of allylic oxidation sites excluding steroid dienone is 1. The third-order valence-electron chi connectivity index (χ3n) is 3.96. The first-order valence-corrected chi connectivity index (χ1v) is 9.53. The fraction of sp³-hybridized carbons (Fsp3) is 0.348. The Labute approximate surface area is 177 Å². The highest BCUT2D eigenvalue weighted by atomic mass is 16.7. The molecule has 2 rings (SSSR count). The molecule has 0 aliphatic heterocycles. The van der Waals surface area contributed by atoms with Gasteiger partial charge in [-0.3, -0.25) is 4.79 Å². The molecule has 7 heteroatoms. The Balaban J connectivity index is 2.26. The second kappa shape index (κ2) is 12.5. The molecule has 30 heavy (non-hydrogen) atoms. The molecule has 0 bridgehead atoms. The molecule has 0 fully saturated rings. The first kappa shape index (κ1) is 23.3. The van der Waals surface area contributed by atoms with Crippen LogP contribution in [0.25, 0.3) is 6.08 Å². The van der Waals surface area contributed by atoms with Gasteiger partial charge in [0.2, 0.25) is 0 Å². The lowest BCUT2D eigenvalue weighted by molar-refractivity contribution is 0.0453. The molecule has 0 saturated heterocycles. The van der Waals surface area contributed by atoms with Gasteiger partial charge in [-0.25, -0.2) is 0 Å². The Bertz CT molecular complexity index is 828. The van der Waals surface area contributed by atoms with Crippen LogP contribution in [-0.4, -0.2) is 47.3 Å². The standard InChI is InChI=1S/C23H28O7/c1-5-12-28-18-9-6-17(7-10-18)8-11-20(24)23-21(27-4)13-19(29-15-25-2)14-22(23)30-16-26-3/h6-11,13-14H,5,12,15-16H2,1-4H3/b11-8+. The second-order valence-corrected chi connectivity index (χ2v) is 6.22. The minimum absolute atomic E-state index is 0.0277. The van der Waals surface area contributed by atoms with Crippen molar-refractivity contribution in [1.29, 1.82) is 0 Å². The normalized spacial score (nSPS) is 10.8. The molecule has 2 aromatic carbocycles. The lowest BCUT2D eigenvalue weighted by atomic mass is 10.1. The molecular weight excluding hydrogens is 388 g/mol.